The highest BCUT2D eigenvalue weighted by atomic mass is 16.3. The molecule has 0 aromatic carbocycles. The lowest BCUT2D eigenvalue weighted by molar-refractivity contribution is 0.414. The van der Waals surface area contributed by atoms with Crippen LogP contribution in [0.15, 0.2) is 35.0 Å². The van der Waals surface area contributed by atoms with Crippen LogP contribution in [0.5, 0.6) is 0 Å². The summed E-state index contributed by atoms with van der Waals surface area (Å²) < 4.78 is 5.33. The summed E-state index contributed by atoms with van der Waals surface area (Å²) in [7, 11) is 1.95. The maximum atomic E-state index is 5.33. The number of furan rings is 1. The molecule has 1 aromatic heterocycles. The Kier molecular flexibility index (Phi) is 3.77. The van der Waals surface area contributed by atoms with E-state index in [9.17, 15) is 0 Å². The van der Waals surface area contributed by atoms with Crippen molar-refractivity contribution in [1.82, 2.24) is 5.32 Å². The van der Waals surface area contributed by atoms with Gasteiger partial charge in [-0.15, -0.1) is 6.58 Å². The second-order valence-electron chi connectivity index (χ2n) is 3.35. The van der Waals surface area contributed by atoms with Crippen LogP contribution in [0, 0.1) is 0 Å². The highest BCUT2D eigenvalue weighted by Crippen LogP contribution is 2.19. The summed E-state index contributed by atoms with van der Waals surface area (Å²) in [5.41, 5.74) is 1.21. The van der Waals surface area contributed by atoms with E-state index in [2.05, 4.69) is 18.8 Å². The Morgan fingerprint density at radius 2 is 2.46 bits per heavy atom. The van der Waals surface area contributed by atoms with E-state index in [-0.39, 0.29) is 0 Å². The molecule has 0 radical (unpaired) electrons. The first-order valence-corrected chi connectivity index (χ1v) is 4.59. The van der Waals surface area contributed by atoms with Crippen LogP contribution in [-0.4, -0.2) is 7.05 Å². The minimum absolute atomic E-state index is 0.312. The summed E-state index contributed by atoms with van der Waals surface area (Å²) in [5, 5.41) is 3.22. The molecule has 0 aliphatic rings. The van der Waals surface area contributed by atoms with Crippen molar-refractivity contribution in [1.29, 1.82) is 0 Å². The molecule has 1 N–H and O–H groups in total. The quantitative estimate of drug-likeness (QED) is 0.703. The Morgan fingerprint density at radius 3 is 2.92 bits per heavy atom. The lowest BCUT2D eigenvalue weighted by Crippen LogP contribution is -2.15. The standard InChI is InChI=1S/C11H17NO/c1-9(2)6-7-10(12-3)11-5-4-8-13-11/h4-5,8,10,12H,1,6-7H2,2-3H3. The van der Waals surface area contributed by atoms with Crippen molar-refractivity contribution >= 4 is 0 Å². The second kappa shape index (κ2) is 4.87. The maximum absolute atomic E-state index is 5.33. The number of hydrogen-bond acceptors (Lipinski definition) is 2. The van der Waals surface area contributed by atoms with Crippen LogP contribution in [0.3, 0.4) is 0 Å². The van der Waals surface area contributed by atoms with Gasteiger partial charge in [-0.3, -0.25) is 0 Å². The highest BCUT2D eigenvalue weighted by molar-refractivity contribution is 5.05. The van der Waals surface area contributed by atoms with Gasteiger partial charge in [-0.2, -0.15) is 0 Å². The SMILES string of the molecule is C=C(C)CCC(NC)c1ccco1. The molecule has 0 aliphatic carbocycles. The fourth-order valence-electron chi connectivity index (χ4n) is 1.31. The summed E-state index contributed by atoms with van der Waals surface area (Å²) in [5.74, 6) is 1.00. The Bertz CT molecular complexity index is 251. The molecular formula is C11H17NO. The van der Waals surface area contributed by atoms with Crippen molar-refractivity contribution in [2.75, 3.05) is 7.05 Å². The van der Waals surface area contributed by atoms with Crippen molar-refractivity contribution < 1.29 is 4.42 Å². The van der Waals surface area contributed by atoms with Gasteiger partial charge in [-0.05, 0) is 38.9 Å². The summed E-state index contributed by atoms with van der Waals surface area (Å²) >= 11 is 0. The molecule has 1 aromatic rings. The van der Waals surface area contributed by atoms with Gasteiger partial charge in [0, 0.05) is 0 Å². The third-order valence-corrected chi connectivity index (χ3v) is 2.09. The topological polar surface area (TPSA) is 25.2 Å². The van der Waals surface area contributed by atoms with Crippen molar-refractivity contribution in [3.05, 3.63) is 36.3 Å². The second-order valence-corrected chi connectivity index (χ2v) is 3.35. The van der Waals surface area contributed by atoms with Gasteiger partial charge >= 0.3 is 0 Å². The van der Waals surface area contributed by atoms with Gasteiger partial charge < -0.3 is 9.73 Å². The predicted molar refractivity (Wildman–Crippen MR) is 54.6 cm³/mol. The number of rotatable bonds is 5. The fraction of sp³-hybridized carbons (Fsp3) is 0.455. The van der Waals surface area contributed by atoms with E-state index in [0.717, 1.165) is 18.6 Å². The van der Waals surface area contributed by atoms with Gasteiger partial charge in [-0.25, -0.2) is 0 Å². The summed E-state index contributed by atoms with van der Waals surface area (Å²) in [6.45, 7) is 5.93. The number of nitrogens with one attached hydrogen (secondary N) is 1. The average molecular weight is 179 g/mol. The molecule has 1 atom stereocenters. The Balaban J connectivity index is 2.49. The van der Waals surface area contributed by atoms with Crippen LogP contribution >= 0.6 is 0 Å². The molecule has 2 heteroatoms. The van der Waals surface area contributed by atoms with Gasteiger partial charge in [-0.1, -0.05) is 5.57 Å². The minimum atomic E-state index is 0.312. The van der Waals surface area contributed by atoms with E-state index in [0.29, 0.717) is 6.04 Å². The van der Waals surface area contributed by atoms with E-state index in [4.69, 9.17) is 4.42 Å². The molecule has 0 saturated heterocycles. The van der Waals surface area contributed by atoms with Crippen molar-refractivity contribution in [2.45, 2.75) is 25.8 Å². The van der Waals surface area contributed by atoms with Crippen molar-refractivity contribution in [2.24, 2.45) is 0 Å². The Hall–Kier alpha value is -1.02. The first-order chi connectivity index (χ1) is 6.24. The molecule has 0 fully saturated rings. The van der Waals surface area contributed by atoms with Gasteiger partial charge in [0.2, 0.25) is 0 Å². The molecule has 13 heavy (non-hydrogen) atoms. The zero-order chi connectivity index (χ0) is 9.68. The van der Waals surface area contributed by atoms with Crippen LogP contribution in [0.1, 0.15) is 31.6 Å². The smallest absolute Gasteiger partial charge is 0.120 e. The Morgan fingerprint density at radius 1 is 1.69 bits per heavy atom. The van der Waals surface area contributed by atoms with Crippen LogP contribution < -0.4 is 5.32 Å². The normalized spacial score (nSPS) is 12.8. The van der Waals surface area contributed by atoms with Gasteiger partial charge in [0.15, 0.2) is 0 Å². The molecule has 1 rings (SSSR count). The van der Waals surface area contributed by atoms with Crippen molar-refractivity contribution in [3.63, 3.8) is 0 Å². The highest BCUT2D eigenvalue weighted by Gasteiger charge is 2.10. The van der Waals surface area contributed by atoms with Crippen LogP contribution in [0.4, 0.5) is 0 Å². The first kappa shape index (κ1) is 10.1. The van der Waals surface area contributed by atoms with Crippen LogP contribution in [0.25, 0.3) is 0 Å². The van der Waals surface area contributed by atoms with Crippen molar-refractivity contribution in [3.8, 4) is 0 Å². The monoisotopic (exact) mass is 179 g/mol. The first-order valence-electron chi connectivity index (χ1n) is 4.59. The minimum Gasteiger partial charge on any atom is -0.468 e. The summed E-state index contributed by atoms with van der Waals surface area (Å²) in [4.78, 5) is 0. The molecule has 1 heterocycles. The maximum Gasteiger partial charge on any atom is 0.120 e. The summed E-state index contributed by atoms with van der Waals surface area (Å²) in [6.07, 6.45) is 3.78. The third-order valence-electron chi connectivity index (χ3n) is 2.09. The largest absolute Gasteiger partial charge is 0.468 e. The van der Waals surface area contributed by atoms with Gasteiger partial charge in [0.1, 0.15) is 5.76 Å². The molecule has 2 nitrogen and oxygen atoms in total. The molecule has 0 saturated carbocycles. The van der Waals surface area contributed by atoms with Gasteiger partial charge in [0.25, 0.3) is 0 Å². The van der Waals surface area contributed by atoms with Crippen LogP contribution in [0.2, 0.25) is 0 Å². The van der Waals surface area contributed by atoms with E-state index in [1.165, 1.54) is 5.57 Å². The van der Waals surface area contributed by atoms with E-state index >= 15 is 0 Å². The molecule has 0 amide bonds. The molecule has 0 spiro atoms. The summed E-state index contributed by atoms with van der Waals surface area (Å²) in [6, 6.07) is 4.23. The predicted octanol–water partition coefficient (Wildman–Crippen LogP) is 2.90. The van der Waals surface area contributed by atoms with Crippen LogP contribution in [-0.2, 0) is 0 Å². The zero-order valence-corrected chi connectivity index (χ0v) is 8.34. The lowest BCUT2D eigenvalue weighted by Gasteiger charge is -2.12. The lowest BCUT2D eigenvalue weighted by atomic mass is 10.1. The molecule has 72 valence electrons. The van der Waals surface area contributed by atoms with E-state index in [1.807, 2.05) is 19.2 Å². The Labute approximate surface area is 79.6 Å². The van der Waals surface area contributed by atoms with Gasteiger partial charge in [0.05, 0.1) is 12.3 Å². The third kappa shape index (κ3) is 3.07. The zero-order valence-electron chi connectivity index (χ0n) is 8.34. The number of hydrogen-bond donors (Lipinski definition) is 1. The fourth-order valence-corrected chi connectivity index (χ4v) is 1.31. The average Bonchev–Trinajstić information content (AvgIpc) is 2.58. The molecule has 1 unspecified atom stereocenters. The molecule has 0 aliphatic heterocycles. The molecular weight excluding hydrogens is 162 g/mol. The molecule has 0 bridgehead atoms. The van der Waals surface area contributed by atoms with E-state index < -0.39 is 0 Å². The number of allylic oxidation sites excluding steroid dienone is 1. The van der Waals surface area contributed by atoms with E-state index in [1.54, 1.807) is 6.26 Å².